The van der Waals surface area contributed by atoms with Crippen molar-refractivity contribution >= 4 is 47.5 Å². The number of hydrogen-bond donors (Lipinski definition) is 1. The van der Waals surface area contributed by atoms with Crippen LogP contribution in [0.15, 0.2) is 20.0 Å². The summed E-state index contributed by atoms with van der Waals surface area (Å²) >= 11 is 0. The summed E-state index contributed by atoms with van der Waals surface area (Å²) in [7, 11) is 0. The van der Waals surface area contributed by atoms with Crippen molar-refractivity contribution in [2.45, 2.75) is 45.9 Å². The van der Waals surface area contributed by atoms with Crippen LogP contribution in [0.25, 0.3) is 0 Å². The number of aliphatic imine (C=N–C) groups is 4. The SMILES string of the molecule is CC(=O)NC1=NC(=O)C2N=C(C(OC(C)=O)C(C)OC(C)=O)C=NC2=N1. The molecular formula is C15H17N5O6. The first-order valence-electron chi connectivity index (χ1n) is 7.62. The van der Waals surface area contributed by atoms with E-state index in [-0.39, 0.29) is 17.5 Å². The Morgan fingerprint density at radius 2 is 1.77 bits per heavy atom. The van der Waals surface area contributed by atoms with Gasteiger partial charge in [0.05, 0.1) is 11.9 Å². The molecule has 3 unspecified atom stereocenters. The summed E-state index contributed by atoms with van der Waals surface area (Å²) in [6.45, 7) is 5.17. The molecule has 0 bridgehead atoms. The van der Waals surface area contributed by atoms with E-state index in [2.05, 4.69) is 25.3 Å². The number of fused-ring (bicyclic) bond motifs is 1. The number of ether oxygens (including phenoxy) is 2. The monoisotopic (exact) mass is 363 g/mol. The Kier molecular flexibility index (Phi) is 5.70. The van der Waals surface area contributed by atoms with E-state index >= 15 is 0 Å². The second-order valence-electron chi connectivity index (χ2n) is 5.48. The van der Waals surface area contributed by atoms with E-state index in [0.29, 0.717) is 0 Å². The molecular weight excluding hydrogens is 346 g/mol. The third-order valence-electron chi connectivity index (χ3n) is 3.17. The Morgan fingerprint density at radius 1 is 1.12 bits per heavy atom. The number of carbonyl (C=O) groups is 4. The van der Waals surface area contributed by atoms with Crippen molar-refractivity contribution in [2.75, 3.05) is 0 Å². The van der Waals surface area contributed by atoms with Gasteiger partial charge < -0.3 is 9.47 Å². The van der Waals surface area contributed by atoms with Crippen molar-refractivity contribution < 1.29 is 28.7 Å². The van der Waals surface area contributed by atoms with E-state index in [1.54, 1.807) is 0 Å². The zero-order valence-corrected chi connectivity index (χ0v) is 14.5. The number of nitrogens with one attached hydrogen (secondary N) is 1. The van der Waals surface area contributed by atoms with Crippen LogP contribution in [0.2, 0.25) is 0 Å². The van der Waals surface area contributed by atoms with Crippen LogP contribution in [-0.2, 0) is 28.7 Å². The van der Waals surface area contributed by atoms with Crippen LogP contribution in [0.1, 0.15) is 27.7 Å². The van der Waals surface area contributed by atoms with Crippen LogP contribution in [-0.4, -0.2) is 65.7 Å². The lowest BCUT2D eigenvalue weighted by Crippen LogP contribution is -2.45. The minimum absolute atomic E-state index is 0.0409. The molecule has 0 radical (unpaired) electrons. The maximum atomic E-state index is 12.2. The maximum Gasteiger partial charge on any atom is 0.303 e. The lowest BCUT2D eigenvalue weighted by atomic mass is 10.1. The standard InChI is InChI=1S/C15H17N5O6/c1-6(25-8(3)22)12(26-9(4)23)10-5-16-13-11(18-10)14(24)20-15(19-13)17-7(2)21/h5-6,11-12H,1-4H3,(H,17,20,21,24). The molecule has 0 aromatic heterocycles. The molecule has 2 rings (SSSR count). The summed E-state index contributed by atoms with van der Waals surface area (Å²) in [5, 5.41) is 2.30. The molecule has 26 heavy (non-hydrogen) atoms. The lowest BCUT2D eigenvalue weighted by molar-refractivity contribution is -0.158. The van der Waals surface area contributed by atoms with Gasteiger partial charge in [0, 0.05) is 20.8 Å². The van der Waals surface area contributed by atoms with Crippen molar-refractivity contribution in [3.63, 3.8) is 0 Å². The Labute approximate surface area is 148 Å². The maximum absolute atomic E-state index is 12.2. The van der Waals surface area contributed by atoms with Crippen LogP contribution in [0.4, 0.5) is 0 Å². The molecule has 11 heteroatoms. The normalized spacial score (nSPS) is 20.7. The van der Waals surface area contributed by atoms with Gasteiger partial charge in [-0.15, -0.1) is 0 Å². The smallest absolute Gasteiger partial charge is 0.303 e. The van der Waals surface area contributed by atoms with Gasteiger partial charge in [-0.25, -0.2) is 4.99 Å². The highest BCUT2D eigenvalue weighted by Gasteiger charge is 2.36. The van der Waals surface area contributed by atoms with Crippen molar-refractivity contribution in [1.82, 2.24) is 5.32 Å². The first-order chi connectivity index (χ1) is 12.2. The van der Waals surface area contributed by atoms with Crippen molar-refractivity contribution in [2.24, 2.45) is 20.0 Å². The molecule has 2 aliphatic rings. The molecule has 0 spiro atoms. The summed E-state index contributed by atoms with van der Waals surface area (Å²) in [5.41, 5.74) is 0.129. The fourth-order valence-corrected chi connectivity index (χ4v) is 2.26. The number of amidine groups is 1. The summed E-state index contributed by atoms with van der Waals surface area (Å²) in [6, 6.07) is -1.13. The number of amides is 2. The van der Waals surface area contributed by atoms with Gasteiger partial charge in [-0.2, -0.15) is 9.98 Å². The minimum atomic E-state index is -1.13. The zero-order valence-electron chi connectivity index (χ0n) is 14.5. The Balaban J connectivity index is 2.28. The quantitative estimate of drug-likeness (QED) is 0.646. The predicted molar refractivity (Wildman–Crippen MR) is 90.2 cm³/mol. The molecule has 2 heterocycles. The Hall–Kier alpha value is -3.24. The van der Waals surface area contributed by atoms with Gasteiger partial charge in [0.15, 0.2) is 18.0 Å². The van der Waals surface area contributed by atoms with Gasteiger partial charge in [-0.1, -0.05) is 0 Å². The fourth-order valence-electron chi connectivity index (χ4n) is 2.26. The highest BCUT2D eigenvalue weighted by molar-refractivity contribution is 6.39. The Morgan fingerprint density at radius 3 is 2.35 bits per heavy atom. The van der Waals surface area contributed by atoms with E-state index in [0.717, 1.165) is 0 Å². The average Bonchev–Trinajstić information content (AvgIpc) is 2.51. The zero-order chi connectivity index (χ0) is 19.4. The fraction of sp³-hybridized carbons (Fsp3) is 0.467. The largest absolute Gasteiger partial charge is 0.458 e. The molecule has 11 nitrogen and oxygen atoms in total. The van der Waals surface area contributed by atoms with Crippen molar-refractivity contribution in [3.05, 3.63) is 0 Å². The van der Waals surface area contributed by atoms with Crippen molar-refractivity contribution in [1.29, 1.82) is 0 Å². The van der Waals surface area contributed by atoms with Crippen LogP contribution in [0.3, 0.4) is 0 Å². The van der Waals surface area contributed by atoms with Gasteiger partial charge >= 0.3 is 11.9 Å². The summed E-state index contributed by atoms with van der Waals surface area (Å²) < 4.78 is 10.2. The number of guanidine groups is 1. The molecule has 2 aliphatic heterocycles. The van der Waals surface area contributed by atoms with E-state index in [9.17, 15) is 19.2 Å². The van der Waals surface area contributed by atoms with E-state index in [1.165, 1.54) is 33.9 Å². The summed E-state index contributed by atoms with van der Waals surface area (Å²) in [5.74, 6) is -2.44. The number of carbonyl (C=O) groups excluding carboxylic acids is 4. The summed E-state index contributed by atoms with van der Waals surface area (Å²) in [6.07, 6.45) is -0.639. The van der Waals surface area contributed by atoms with Crippen LogP contribution < -0.4 is 5.32 Å². The van der Waals surface area contributed by atoms with Gasteiger partial charge in [0.1, 0.15) is 6.10 Å². The third kappa shape index (κ3) is 4.65. The first-order valence-corrected chi connectivity index (χ1v) is 7.62. The van der Waals surface area contributed by atoms with Crippen LogP contribution in [0, 0.1) is 0 Å². The minimum Gasteiger partial charge on any atom is -0.458 e. The van der Waals surface area contributed by atoms with E-state index < -0.39 is 42.0 Å². The topological polar surface area (TPSA) is 148 Å². The van der Waals surface area contributed by atoms with Gasteiger partial charge in [-0.3, -0.25) is 29.5 Å². The molecule has 0 aromatic carbocycles. The number of nitrogens with zero attached hydrogens (tertiary/aromatic N) is 4. The predicted octanol–water partition coefficient (Wildman–Crippen LogP) is -0.805. The lowest BCUT2D eigenvalue weighted by Gasteiger charge is -2.26. The molecule has 0 saturated carbocycles. The molecule has 0 aliphatic carbocycles. The number of hydrogen-bond acceptors (Lipinski definition) is 9. The molecule has 2 amide bonds. The molecule has 1 N–H and O–H groups in total. The molecule has 0 aromatic rings. The molecule has 0 fully saturated rings. The first kappa shape index (κ1) is 19.1. The highest BCUT2D eigenvalue weighted by Crippen LogP contribution is 2.15. The number of esters is 2. The van der Waals surface area contributed by atoms with Gasteiger partial charge in [0.2, 0.25) is 11.9 Å². The van der Waals surface area contributed by atoms with Crippen molar-refractivity contribution in [3.8, 4) is 0 Å². The second kappa shape index (κ2) is 7.76. The molecule has 3 atom stereocenters. The second-order valence-corrected chi connectivity index (χ2v) is 5.48. The highest BCUT2D eigenvalue weighted by atomic mass is 16.6. The van der Waals surface area contributed by atoms with E-state index in [4.69, 9.17) is 9.47 Å². The molecule has 138 valence electrons. The van der Waals surface area contributed by atoms with Gasteiger partial charge in [-0.05, 0) is 6.92 Å². The Bertz CT molecular complexity index is 781. The molecule has 0 saturated heterocycles. The van der Waals surface area contributed by atoms with E-state index in [1.807, 2.05) is 0 Å². The number of rotatable bonds is 4. The average molecular weight is 363 g/mol. The van der Waals surface area contributed by atoms with Crippen LogP contribution >= 0.6 is 0 Å². The van der Waals surface area contributed by atoms with Crippen LogP contribution in [0.5, 0.6) is 0 Å². The third-order valence-corrected chi connectivity index (χ3v) is 3.17. The summed E-state index contributed by atoms with van der Waals surface area (Å²) in [4.78, 5) is 61.6. The van der Waals surface area contributed by atoms with Gasteiger partial charge in [0.25, 0.3) is 5.91 Å².